The number of nitrogens with one attached hydrogen (secondary N) is 1. The maximum absolute atomic E-state index is 13.9. The third-order valence-corrected chi connectivity index (χ3v) is 3.81. The van der Waals surface area contributed by atoms with Crippen molar-refractivity contribution < 1.29 is 9.18 Å². The van der Waals surface area contributed by atoms with Gasteiger partial charge in [0.2, 0.25) is 5.91 Å². The van der Waals surface area contributed by atoms with Crippen molar-refractivity contribution in [3.05, 3.63) is 29.6 Å². The first kappa shape index (κ1) is 13.8. The fourth-order valence-corrected chi connectivity index (χ4v) is 2.66. The molecule has 1 fully saturated rings. The minimum absolute atomic E-state index is 0.182. The Bertz CT molecular complexity index is 464. The van der Waals surface area contributed by atoms with E-state index in [-0.39, 0.29) is 11.6 Å². The van der Waals surface area contributed by atoms with E-state index in [2.05, 4.69) is 5.32 Å². The molecule has 0 radical (unpaired) electrons. The highest BCUT2D eigenvalue weighted by atomic mass is 19.1. The van der Waals surface area contributed by atoms with Gasteiger partial charge in [0.15, 0.2) is 0 Å². The molecule has 0 aliphatic heterocycles. The lowest BCUT2D eigenvalue weighted by molar-refractivity contribution is 0.1000. The van der Waals surface area contributed by atoms with E-state index in [9.17, 15) is 9.18 Å². The van der Waals surface area contributed by atoms with Crippen LogP contribution in [-0.2, 0) is 0 Å². The summed E-state index contributed by atoms with van der Waals surface area (Å²) in [5, 5.41) is 3.21. The number of halogens is 1. The average molecular weight is 265 g/mol. The van der Waals surface area contributed by atoms with Gasteiger partial charge >= 0.3 is 0 Å². The maximum Gasteiger partial charge on any atom is 0.248 e. The molecule has 0 aromatic heterocycles. The normalized spacial score (nSPS) is 23.1. The number of amides is 1. The van der Waals surface area contributed by atoms with E-state index in [0.29, 0.717) is 18.2 Å². The van der Waals surface area contributed by atoms with Crippen molar-refractivity contribution in [3.63, 3.8) is 0 Å². The SMILES string of the molecule is NCC1CCCCC1Nc1ccc(C(N)=O)cc1F. The van der Waals surface area contributed by atoms with Crippen LogP contribution >= 0.6 is 0 Å². The number of anilines is 1. The lowest BCUT2D eigenvalue weighted by Gasteiger charge is -2.32. The molecule has 0 heterocycles. The Kier molecular flexibility index (Phi) is 4.37. The summed E-state index contributed by atoms with van der Waals surface area (Å²) < 4.78 is 13.9. The summed E-state index contributed by atoms with van der Waals surface area (Å²) in [7, 11) is 0. The van der Waals surface area contributed by atoms with E-state index in [0.717, 1.165) is 19.3 Å². The molecule has 0 saturated heterocycles. The van der Waals surface area contributed by atoms with Gasteiger partial charge in [-0.3, -0.25) is 4.79 Å². The minimum atomic E-state index is -0.622. The monoisotopic (exact) mass is 265 g/mol. The predicted octanol–water partition coefficient (Wildman–Crippen LogP) is 1.85. The molecule has 1 amide bonds. The zero-order valence-corrected chi connectivity index (χ0v) is 10.9. The van der Waals surface area contributed by atoms with Crippen molar-refractivity contribution in [2.75, 3.05) is 11.9 Å². The number of benzene rings is 1. The Morgan fingerprint density at radius 3 is 2.74 bits per heavy atom. The van der Waals surface area contributed by atoms with Gasteiger partial charge in [0.1, 0.15) is 5.82 Å². The van der Waals surface area contributed by atoms with Gasteiger partial charge in [-0.25, -0.2) is 4.39 Å². The van der Waals surface area contributed by atoms with E-state index in [4.69, 9.17) is 11.5 Å². The van der Waals surface area contributed by atoms with Crippen LogP contribution in [0.3, 0.4) is 0 Å². The van der Waals surface area contributed by atoms with Crippen LogP contribution in [0.2, 0.25) is 0 Å². The van der Waals surface area contributed by atoms with Crippen molar-refractivity contribution in [1.82, 2.24) is 0 Å². The molecule has 1 aromatic rings. The van der Waals surface area contributed by atoms with Crippen LogP contribution in [-0.4, -0.2) is 18.5 Å². The molecule has 104 valence electrons. The van der Waals surface area contributed by atoms with E-state index in [1.54, 1.807) is 6.07 Å². The lowest BCUT2D eigenvalue weighted by atomic mass is 9.84. The van der Waals surface area contributed by atoms with Crippen LogP contribution < -0.4 is 16.8 Å². The third kappa shape index (κ3) is 3.23. The summed E-state index contributed by atoms with van der Waals surface area (Å²) in [4.78, 5) is 11.0. The molecule has 1 aromatic carbocycles. The Morgan fingerprint density at radius 2 is 2.11 bits per heavy atom. The average Bonchev–Trinajstić information content (AvgIpc) is 2.41. The molecule has 2 rings (SSSR count). The smallest absolute Gasteiger partial charge is 0.248 e. The number of rotatable bonds is 4. The second-order valence-corrected chi connectivity index (χ2v) is 5.09. The van der Waals surface area contributed by atoms with E-state index in [1.165, 1.54) is 18.6 Å². The zero-order valence-electron chi connectivity index (χ0n) is 10.9. The molecular weight excluding hydrogens is 245 g/mol. The first-order valence-electron chi connectivity index (χ1n) is 6.67. The number of carbonyl (C=O) groups excluding carboxylic acids is 1. The summed E-state index contributed by atoms with van der Waals surface area (Å²) in [5.74, 6) is -0.690. The molecule has 2 unspecified atom stereocenters. The number of hydrogen-bond donors (Lipinski definition) is 3. The summed E-state index contributed by atoms with van der Waals surface area (Å²) in [5.41, 5.74) is 11.5. The first-order chi connectivity index (χ1) is 9.11. The Hall–Kier alpha value is -1.62. The highest BCUT2D eigenvalue weighted by Crippen LogP contribution is 2.27. The van der Waals surface area contributed by atoms with Crippen LogP contribution in [0.5, 0.6) is 0 Å². The summed E-state index contributed by atoms with van der Waals surface area (Å²) in [6.07, 6.45) is 4.40. The summed E-state index contributed by atoms with van der Waals surface area (Å²) in [6, 6.07) is 4.48. The van der Waals surface area contributed by atoms with Crippen LogP contribution in [0.15, 0.2) is 18.2 Å². The highest BCUT2D eigenvalue weighted by molar-refractivity contribution is 5.93. The highest BCUT2D eigenvalue weighted by Gasteiger charge is 2.24. The van der Waals surface area contributed by atoms with Crippen molar-refractivity contribution in [2.24, 2.45) is 17.4 Å². The molecule has 0 bridgehead atoms. The molecule has 0 spiro atoms. The fourth-order valence-electron chi connectivity index (χ4n) is 2.66. The standard InChI is InChI=1S/C14H20FN3O/c15-11-7-9(14(17)19)5-6-13(11)18-12-4-2-1-3-10(12)8-16/h5-7,10,12,18H,1-4,8,16H2,(H2,17,19). The van der Waals surface area contributed by atoms with Crippen LogP contribution in [0.25, 0.3) is 0 Å². The van der Waals surface area contributed by atoms with Gasteiger partial charge in [-0.2, -0.15) is 0 Å². The molecule has 2 atom stereocenters. The lowest BCUT2D eigenvalue weighted by Crippen LogP contribution is -2.37. The van der Waals surface area contributed by atoms with Crippen LogP contribution in [0.1, 0.15) is 36.0 Å². The van der Waals surface area contributed by atoms with Gasteiger partial charge in [0, 0.05) is 11.6 Å². The van der Waals surface area contributed by atoms with Gasteiger partial charge in [-0.1, -0.05) is 12.8 Å². The predicted molar refractivity (Wildman–Crippen MR) is 73.3 cm³/mol. The van der Waals surface area contributed by atoms with Crippen LogP contribution in [0.4, 0.5) is 10.1 Å². The van der Waals surface area contributed by atoms with Gasteiger partial charge in [-0.15, -0.1) is 0 Å². The Balaban J connectivity index is 2.11. The van der Waals surface area contributed by atoms with Crippen LogP contribution in [0, 0.1) is 11.7 Å². The fraction of sp³-hybridized carbons (Fsp3) is 0.500. The molecule has 5 heteroatoms. The van der Waals surface area contributed by atoms with Crippen molar-refractivity contribution in [2.45, 2.75) is 31.7 Å². The largest absolute Gasteiger partial charge is 0.380 e. The first-order valence-corrected chi connectivity index (χ1v) is 6.67. The third-order valence-electron chi connectivity index (χ3n) is 3.81. The van der Waals surface area contributed by atoms with Gasteiger partial charge in [0.25, 0.3) is 0 Å². The summed E-state index contributed by atoms with van der Waals surface area (Å²) in [6.45, 7) is 0.610. The number of primary amides is 1. The summed E-state index contributed by atoms with van der Waals surface area (Å²) >= 11 is 0. The quantitative estimate of drug-likeness (QED) is 0.777. The topological polar surface area (TPSA) is 81.1 Å². The number of carbonyl (C=O) groups is 1. The molecule has 5 N–H and O–H groups in total. The molecule has 19 heavy (non-hydrogen) atoms. The minimum Gasteiger partial charge on any atom is -0.380 e. The van der Waals surface area contributed by atoms with E-state index in [1.807, 2.05) is 0 Å². The van der Waals surface area contributed by atoms with Gasteiger partial charge < -0.3 is 16.8 Å². The maximum atomic E-state index is 13.9. The second kappa shape index (κ2) is 6.02. The van der Waals surface area contributed by atoms with E-state index >= 15 is 0 Å². The second-order valence-electron chi connectivity index (χ2n) is 5.09. The molecule has 1 aliphatic rings. The Morgan fingerprint density at radius 1 is 1.37 bits per heavy atom. The van der Waals surface area contributed by atoms with E-state index < -0.39 is 11.7 Å². The Labute approximate surface area is 112 Å². The van der Waals surface area contributed by atoms with Gasteiger partial charge in [-0.05, 0) is 43.5 Å². The number of hydrogen-bond acceptors (Lipinski definition) is 3. The number of nitrogens with two attached hydrogens (primary N) is 2. The zero-order chi connectivity index (χ0) is 13.8. The molecular formula is C14H20FN3O. The van der Waals surface area contributed by atoms with Crippen molar-refractivity contribution in [1.29, 1.82) is 0 Å². The molecule has 4 nitrogen and oxygen atoms in total. The van der Waals surface area contributed by atoms with Crippen molar-refractivity contribution in [3.8, 4) is 0 Å². The van der Waals surface area contributed by atoms with Crippen molar-refractivity contribution >= 4 is 11.6 Å². The van der Waals surface area contributed by atoms with Gasteiger partial charge in [0.05, 0.1) is 5.69 Å². The molecule has 1 saturated carbocycles. The molecule has 1 aliphatic carbocycles.